The SMILES string of the molecule is O=C(c1c[nH]c2ccccc12)N1CC(=C2CN(S(=O)(=O)c3ccccn3)C2)C1. The minimum Gasteiger partial charge on any atom is -0.360 e. The average Bonchev–Trinajstić information content (AvgIpc) is 3.06. The largest absolute Gasteiger partial charge is 0.360 e. The summed E-state index contributed by atoms with van der Waals surface area (Å²) in [5.74, 6) is -0.000846. The van der Waals surface area contributed by atoms with Crippen molar-refractivity contribution in [3.8, 4) is 0 Å². The lowest BCUT2D eigenvalue weighted by Crippen LogP contribution is -2.51. The summed E-state index contributed by atoms with van der Waals surface area (Å²) < 4.78 is 26.4. The molecule has 7 nitrogen and oxygen atoms in total. The van der Waals surface area contributed by atoms with Gasteiger partial charge in [-0.1, -0.05) is 24.3 Å². The highest BCUT2D eigenvalue weighted by molar-refractivity contribution is 7.89. The Bertz CT molecular complexity index is 1200. The zero-order chi connectivity index (χ0) is 19.3. The van der Waals surface area contributed by atoms with Gasteiger partial charge in [-0.05, 0) is 29.3 Å². The molecule has 4 heterocycles. The molecular weight excluding hydrogens is 376 g/mol. The van der Waals surface area contributed by atoms with Gasteiger partial charge in [-0.15, -0.1) is 0 Å². The quantitative estimate of drug-likeness (QED) is 0.689. The van der Waals surface area contributed by atoms with Crippen molar-refractivity contribution >= 4 is 26.8 Å². The molecule has 1 N–H and O–H groups in total. The summed E-state index contributed by atoms with van der Waals surface area (Å²) in [6.45, 7) is 1.88. The third-order valence-corrected chi connectivity index (χ3v) is 7.05. The van der Waals surface area contributed by atoms with Crippen LogP contribution in [0.1, 0.15) is 10.4 Å². The van der Waals surface area contributed by atoms with E-state index in [1.807, 2.05) is 24.3 Å². The molecule has 28 heavy (non-hydrogen) atoms. The van der Waals surface area contributed by atoms with Gasteiger partial charge < -0.3 is 9.88 Å². The second-order valence-electron chi connectivity index (χ2n) is 7.06. The van der Waals surface area contributed by atoms with Gasteiger partial charge in [0, 0.05) is 49.5 Å². The van der Waals surface area contributed by atoms with Crippen LogP contribution in [0.3, 0.4) is 0 Å². The third kappa shape index (κ3) is 2.64. The fourth-order valence-electron chi connectivity index (χ4n) is 3.61. The van der Waals surface area contributed by atoms with Gasteiger partial charge >= 0.3 is 0 Å². The number of carbonyl (C=O) groups is 1. The minimum absolute atomic E-state index is 0.000846. The minimum atomic E-state index is -3.54. The van der Waals surface area contributed by atoms with Crippen molar-refractivity contribution in [3.63, 3.8) is 0 Å². The smallest absolute Gasteiger partial charge is 0.261 e. The Morgan fingerprint density at radius 1 is 0.964 bits per heavy atom. The first-order valence-electron chi connectivity index (χ1n) is 9.00. The lowest BCUT2D eigenvalue weighted by molar-refractivity contribution is 0.0724. The Kier molecular flexibility index (Phi) is 3.85. The normalized spacial score (nSPS) is 17.5. The van der Waals surface area contributed by atoms with Crippen molar-refractivity contribution in [1.82, 2.24) is 19.2 Å². The molecule has 2 fully saturated rings. The number of benzene rings is 1. The van der Waals surface area contributed by atoms with Gasteiger partial charge in [0.2, 0.25) is 0 Å². The number of hydrogen-bond acceptors (Lipinski definition) is 4. The fraction of sp³-hybridized carbons (Fsp3) is 0.200. The Morgan fingerprint density at radius 2 is 1.68 bits per heavy atom. The van der Waals surface area contributed by atoms with Gasteiger partial charge in [0.25, 0.3) is 15.9 Å². The number of rotatable bonds is 3. The van der Waals surface area contributed by atoms with Crippen molar-refractivity contribution in [3.05, 3.63) is 71.6 Å². The number of H-pyrrole nitrogens is 1. The summed E-state index contributed by atoms with van der Waals surface area (Å²) >= 11 is 0. The Labute approximate surface area is 162 Å². The van der Waals surface area contributed by atoms with Crippen LogP contribution in [0.15, 0.2) is 71.0 Å². The molecule has 0 bridgehead atoms. The molecule has 2 aliphatic rings. The van der Waals surface area contributed by atoms with Crippen LogP contribution in [-0.2, 0) is 10.0 Å². The monoisotopic (exact) mass is 394 g/mol. The molecule has 2 aliphatic heterocycles. The number of hydrogen-bond donors (Lipinski definition) is 1. The highest BCUT2D eigenvalue weighted by atomic mass is 32.2. The summed E-state index contributed by atoms with van der Waals surface area (Å²) in [5.41, 5.74) is 3.87. The lowest BCUT2D eigenvalue weighted by atomic mass is 9.96. The van der Waals surface area contributed by atoms with E-state index < -0.39 is 10.0 Å². The van der Waals surface area contributed by atoms with E-state index in [4.69, 9.17) is 0 Å². The molecule has 0 atom stereocenters. The number of pyridine rings is 1. The average molecular weight is 394 g/mol. The number of para-hydroxylation sites is 1. The molecule has 1 amide bonds. The predicted molar refractivity (Wildman–Crippen MR) is 104 cm³/mol. The molecule has 8 heteroatoms. The Balaban J connectivity index is 1.25. The summed E-state index contributed by atoms with van der Waals surface area (Å²) in [5, 5.41) is 0.994. The van der Waals surface area contributed by atoms with Crippen LogP contribution in [0.5, 0.6) is 0 Å². The maximum Gasteiger partial charge on any atom is 0.261 e. The summed E-state index contributed by atoms with van der Waals surface area (Å²) in [6, 6.07) is 12.6. The molecule has 5 rings (SSSR count). The van der Waals surface area contributed by atoms with E-state index in [-0.39, 0.29) is 10.9 Å². The number of amides is 1. The Hall–Kier alpha value is -2.97. The van der Waals surface area contributed by atoms with E-state index in [0.717, 1.165) is 22.0 Å². The number of likely N-dealkylation sites (tertiary alicyclic amines) is 1. The molecule has 0 saturated carbocycles. The van der Waals surface area contributed by atoms with Gasteiger partial charge in [0.05, 0.1) is 5.56 Å². The van der Waals surface area contributed by atoms with Crippen molar-refractivity contribution < 1.29 is 13.2 Å². The second-order valence-corrected chi connectivity index (χ2v) is 8.94. The van der Waals surface area contributed by atoms with Gasteiger partial charge in [-0.3, -0.25) is 4.79 Å². The van der Waals surface area contributed by atoms with E-state index >= 15 is 0 Å². The van der Waals surface area contributed by atoms with Crippen LogP contribution in [0.4, 0.5) is 0 Å². The lowest BCUT2D eigenvalue weighted by Gasteiger charge is -2.41. The third-order valence-electron chi connectivity index (χ3n) is 5.35. The van der Waals surface area contributed by atoms with Crippen LogP contribution in [0, 0.1) is 0 Å². The first-order valence-corrected chi connectivity index (χ1v) is 10.4. The van der Waals surface area contributed by atoms with Crippen molar-refractivity contribution in [2.24, 2.45) is 0 Å². The molecule has 1 aromatic carbocycles. The van der Waals surface area contributed by atoms with Gasteiger partial charge in [-0.25, -0.2) is 13.4 Å². The van der Waals surface area contributed by atoms with Crippen LogP contribution < -0.4 is 0 Å². The highest BCUT2D eigenvalue weighted by Crippen LogP contribution is 2.31. The van der Waals surface area contributed by atoms with Crippen LogP contribution in [-0.4, -0.2) is 59.7 Å². The molecule has 142 valence electrons. The zero-order valence-corrected chi connectivity index (χ0v) is 15.8. The summed E-state index contributed by atoms with van der Waals surface area (Å²) in [7, 11) is -3.54. The van der Waals surface area contributed by atoms with Gasteiger partial charge in [0.1, 0.15) is 0 Å². The molecule has 0 unspecified atom stereocenters. The maximum atomic E-state index is 12.8. The van der Waals surface area contributed by atoms with Crippen molar-refractivity contribution in [2.45, 2.75) is 5.03 Å². The van der Waals surface area contributed by atoms with Crippen LogP contribution in [0.2, 0.25) is 0 Å². The summed E-state index contributed by atoms with van der Waals surface area (Å²) in [4.78, 5) is 21.6. The molecule has 3 aromatic rings. The number of nitrogens with zero attached hydrogens (tertiary/aromatic N) is 3. The molecule has 0 aliphatic carbocycles. The summed E-state index contributed by atoms with van der Waals surface area (Å²) in [6.07, 6.45) is 3.23. The number of sulfonamides is 1. The van der Waals surface area contributed by atoms with E-state index in [9.17, 15) is 13.2 Å². The standard InChI is InChI=1S/C20H18N4O3S/c25-20(17-9-22-18-6-2-1-5-16(17)18)23-10-14(11-23)15-12-24(13-15)28(26,27)19-7-3-4-8-21-19/h1-9,22H,10-13H2. The predicted octanol–water partition coefficient (Wildman–Crippen LogP) is 2.02. The molecule has 0 spiro atoms. The van der Waals surface area contributed by atoms with E-state index in [0.29, 0.717) is 31.7 Å². The zero-order valence-electron chi connectivity index (χ0n) is 15.0. The number of aromatic amines is 1. The van der Waals surface area contributed by atoms with Crippen LogP contribution in [0.25, 0.3) is 10.9 Å². The van der Waals surface area contributed by atoms with Gasteiger partial charge in [0.15, 0.2) is 5.03 Å². The van der Waals surface area contributed by atoms with Crippen LogP contribution >= 0.6 is 0 Å². The van der Waals surface area contributed by atoms with Gasteiger partial charge in [-0.2, -0.15) is 4.31 Å². The number of nitrogens with one attached hydrogen (secondary N) is 1. The van der Waals surface area contributed by atoms with E-state index in [1.165, 1.54) is 16.6 Å². The van der Waals surface area contributed by atoms with Crippen molar-refractivity contribution in [1.29, 1.82) is 0 Å². The first-order chi connectivity index (χ1) is 13.5. The first kappa shape index (κ1) is 17.2. The number of aromatic nitrogens is 2. The fourth-order valence-corrected chi connectivity index (χ4v) is 4.97. The number of carbonyl (C=O) groups excluding carboxylic acids is 1. The molecule has 2 saturated heterocycles. The second kappa shape index (κ2) is 6.29. The molecule has 0 radical (unpaired) electrons. The van der Waals surface area contributed by atoms with Crippen molar-refractivity contribution in [2.75, 3.05) is 26.2 Å². The van der Waals surface area contributed by atoms with E-state index in [2.05, 4.69) is 9.97 Å². The maximum absolute atomic E-state index is 12.8. The molecular formula is C20H18N4O3S. The van der Waals surface area contributed by atoms with E-state index in [1.54, 1.807) is 23.2 Å². The molecule has 2 aromatic heterocycles. The highest BCUT2D eigenvalue weighted by Gasteiger charge is 2.38. The topological polar surface area (TPSA) is 86.4 Å². The Morgan fingerprint density at radius 3 is 2.43 bits per heavy atom. The number of fused-ring (bicyclic) bond motifs is 1.